The Kier molecular flexibility index (Phi) is 5.80. The number of thioether (sulfide) groups is 1. The lowest BCUT2D eigenvalue weighted by Crippen LogP contribution is -2.03. The molecule has 0 amide bonds. The van der Waals surface area contributed by atoms with Crippen molar-refractivity contribution in [2.75, 3.05) is 0 Å². The molecule has 2 atom stereocenters. The second-order valence-corrected chi connectivity index (χ2v) is 6.38. The van der Waals surface area contributed by atoms with Gasteiger partial charge in [0.15, 0.2) is 0 Å². The van der Waals surface area contributed by atoms with E-state index in [1.165, 1.54) is 12.1 Å². The minimum absolute atomic E-state index is 0.0377. The van der Waals surface area contributed by atoms with Gasteiger partial charge < -0.3 is 0 Å². The molecular weight excluding hydrogens is 286 g/mol. The van der Waals surface area contributed by atoms with Gasteiger partial charge in [-0.1, -0.05) is 50.2 Å². The van der Waals surface area contributed by atoms with E-state index in [2.05, 4.69) is 0 Å². The number of hydrogen-bond donors (Lipinski definition) is 0. The smallest absolute Gasteiger partial charge is 0.127 e. The fourth-order valence-corrected chi connectivity index (χ4v) is 3.91. The maximum absolute atomic E-state index is 14.0. The average molecular weight is 306 g/mol. The van der Waals surface area contributed by atoms with Crippen LogP contribution in [0, 0.1) is 11.6 Å². The zero-order valence-electron chi connectivity index (χ0n) is 12.4. The van der Waals surface area contributed by atoms with E-state index in [1.807, 2.05) is 38.1 Å². The van der Waals surface area contributed by atoms with Crippen molar-refractivity contribution in [3.63, 3.8) is 0 Å². The van der Waals surface area contributed by atoms with Gasteiger partial charge >= 0.3 is 0 Å². The third-order valence-electron chi connectivity index (χ3n) is 3.57. The standard InChI is InChI=1S/C18H20F2S/c1-3-17(13-9-5-7-11-15(13)19)21-18(4-2)14-10-6-8-12-16(14)20/h5-12,17-18H,3-4H2,1-2H3. The summed E-state index contributed by atoms with van der Waals surface area (Å²) >= 11 is 1.64. The van der Waals surface area contributed by atoms with Crippen LogP contribution in [0.3, 0.4) is 0 Å². The molecule has 2 aromatic rings. The zero-order valence-corrected chi connectivity index (χ0v) is 13.2. The molecule has 112 valence electrons. The molecule has 0 aromatic heterocycles. The molecule has 0 aliphatic rings. The van der Waals surface area contributed by atoms with E-state index >= 15 is 0 Å². The van der Waals surface area contributed by atoms with Crippen LogP contribution in [0.15, 0.2) is 48.5 Å². The monoisotopic (exact) mass is 306 g/mol. The summed E-state index contributed by atoms with van der Waals surface area (Å²) in [5, 5.41) is 0.0755. The lowest BCUT2D eigenvalue weighted by molar-refractivity contribution is 0.600. The molecular formula is C18H20F2S. The molecule has 2 unspecified atom stereocenters. The van der Waals surface area contributed by atoms with E-state index in [4.69, 9.17) is 0 Å². The van der Waals surface area contributed by atoms with Gasteiger partial charge in [-0.25, -0.2) is 8.78 Å². The first kappa shape index (κ1) is 16.0. The molecule has 2 rings (SSSR count). The average Bonchev–Trinajstić information content (AvgIpc) is 2.51. The highest BCUT2D eigenvalue weighted by atomic mass is 32.2. The lowest BCUT2D eigenvalue weighted by atomic mass is 10.1. The Morgan fingerprint density at radius 3 is 1.48 bits per heavy atom. The van der Waals surface area contributed by atoms with Gasteiger partial charge in [-0.15, -0.1) is 11.8 Å². The summed E-state index contributed by atoms with van der Waals surface area (Å²) in [6, 6.07) is 13.7. The lowest BCUT2D eigenvalue weighted by Gasteiger charge is -2.23. The van der Waals surface area contributed by atoms with Crippen molar-refractivity contribution in [2.45, 2.75) is 37.2 Å². The van der Waals surface area contributed by atoms with Crippen LogP contribution in [-0.4, -0.2) is 0 Å². The predicted molar refractivity (Wildman–Crippen MR) is 86.5 cm³/mol. The van der Waals surface area contributed by atoms with Gasteiger partial charge in [0, 0.05) is 21.6 Å². The van der Waals surface area contributed by atoms with E-state index in [1.54, 1.807) is 23.9 Å². The zero-order chi connectivity index (χ0) is 15.2. The van der Waals surface area contributed by atoms with E-state index in [0.717, 1.165) is 12.8 Å². The summed E-state index contributed by atoms with van der Waals surface area (Å²) in [4.78, 5) is 0. The Balaban J connectivity index is 2.24. The molecule has 0 nitrogen and oxygen atoms in total. The highest BCUT2D eigenvalue weighted by Crippen LogP contribution is 2.45. The molecule has 3 heteroatoms. The molecule has 0 aliphatic carbocycles. The quantitative estimate of drug-likeness (QED) is 0.603. The predicted octanol–water partition coefficient (Wildman–Crippen LogP) is 6.30. The fraction of sp³-hybridized carbons (Fsp3) is 0.333. The number of rotatable bonds is 6. The van der Waals surface area contributed by atoms with Crippen LogP contribution >= 0.6 is 11.8 Å². The summed E-state index contributed by atoms with van der Waals surface area (Å²) in [5.41, 5.74) is 1.42. The number of hydrogen-bond acceptors (Lipinski definition) is 1. The minimum atomic E-state index is -0.180. The third-order valence-corrected chi connectivity index (χ3v) is 5.41. The molecule has 0 radical (unpaired) electrons. The summed E-state index contributed by atoms with van der Waals surface area (Å²) < 4.78 is 28.0. The van der Waals surface area contributed by atoms with Gasteiger partial charge in [-0.2, -0.15) is 0 Å². The van der Waals surface area contributed by atoms with Crippen molar-refractivity contribution >= 4 is 11.8 Å². The first-order valence-corrected chi connectivity index (χ1v) is 8.25. The molecule has 0 fully saturated rings. The summed E-state index contributed by atoms with van der Waals surface area (Å²) in [7, 11) is 0. The largest absolute Gasteiger partial charge is 0.207 e. The van der Waals surface area contributed by atoms with E-state index in [-0.39, 0.29) is 22.1 Å². The van der Waals surface area contributed by atoms with Crippen molar-refractivity contribution in [2.24, 2.45) is 0 Å². The van der Waals surface area contributed by atoms with Crippen LogP contribution < -0.4 is 0 Å². The van der Waals surface area contributed by atoms with Crippen molar-refractivity contribution in [3.8, 4) is 0 Å². The van der Waals surface area contributed by atoms with Crippen molar-refractivity contribution < 1.29 is 8.78 Å². The first-order chi connectivity index (χ1) is 10.2. The Morgan fingerprint density at radius 1 is 0.762 bits per heavy atom. The Morgan fingerprint density at radius 2 is 1.14 bits per heavy atom. The molecule has 21 heavy (non-hydrogen) atoms. The van der Waals surface area contributed by atoms with E-state index < -0.39 is 0 Å². The van der Waals surface area contributed by atoms with Crippen LogP contribution in [0.25, 0.3) is 0 Å². The second-order valence-electron chi connectivity index (χ2n) is 4.97. The van der Waals surface area contributed by atoms with Crippen LogP contribution in [0.1, 0.15) is 48.3 Å². The van der Waals surface area contributed by atoms with Gasteiger partial charge in [0.1, 0.15) is 11.6 Å². The SMILES string of the molecule is CCC(SC(CC)c1ccccc1F)c1ccccc1F. The van der Waals surface area contributed by atoms with Gasteiger partial charge in [0.05, 0.1) is 0 Å². The van der Waals surface area contributed by atoms with Crippen LogP contribution in [0.4, 0.5) is 8.78 Å². The van der Waals surface area contributed by atoms with E-state index in [0.29, 0.717) is 11.1 Å². The van der Waals surface area contributed by atoms with Crippen molar-refractivity contribution in [1.82, 2.24) is 0 Å². The maximum Gasteiger partial charge on any atom is 0.127 e. The Bertz CT molecular complexity index is 531. The van der Waals surface area contributed by atoms with Gasteiger partial charge in [0.25, 0.3) is 0 Å². The van der Waals surface area contributed by atoms with Crippen LogP contribution in [0.5, 0.6) is 0 Å². The summed E-state index contributed by atoms with van der Waals surface area (Å²) in [6.45, 7) is 4.08. The second kappa shape index (κ2) is 7.60. The van der Waals surface area contributed by atoms with Gasteiger partial charge in [-0.3, -0.25) is 0 Å². The Hall–Kier alpha value is -1.35. The molecule has 0 saturated heterocycles. The highest BCUT2D eigenvalue weighted by molar-refractivity contribution is 7.99. The van der Waals surface area contributed by atoms with Crippen LogP contribution in [-0.2, 0) is 0 Å². The molecule has 2 aromatic carbocycles. The number of halogens is 2. The maximum atomic E-state index is 14.0. The third kappa shape index (κ3) is 3.85. The first-order valence-electron chi connectivity index (χ1n) is 7.31. The topological polar surface area (TPSA) is 0 Å². The van der Waals surface area contributed by atoms with Gasteiger partial charge in [-0.05, 0) is 25.0 Å². The molecule has 0 spiro atoms. The van der Waals surface area contributed by atoms with Crippen molar-refractivity contribution in [1.29, 1.82) is 0 Å². The normalized spacial score (nSPS) is 13.9. The van der Waals surface area contributed by atoms with Crippen LogP contribution in [0.2, 0.25) is 0 Å². The molecule has 0 heterocycles. The van der Waals surface area contributed by atoms with E-state index in [9.17, 15) is 8.78 Å². The summed E-state index contributed by atoms with van der Waals surface area (Å²) in [5.74, 6) is -0.361. The molecule has 0 aliphatic heterocycles. The molecule has 0 bridgehead atoms. The minimum Gasteiger partial charge on any atom is -0.207 e. The summed E-state index contributed by atoms with van der Waals surface area (Å²) in [6.07, 6.45) is 1.63. The van der Waals surface area contributed by atoms with Crippen molar-refractivity contribution in [3.05, 3.63) is 71.3 Å². The fourth-order valence-electron chi connectivity index (χ4n) is 2.45. The molecule has 0 N–H and O–H groups in total. The molecule has 0 saturated carbocycles. The highest BCUT2D eigenvalue weighted by Gasteiger charge is 2.21. The number of benzene rings is 2. The Labute approximate surface area is 129 Å². The van der Waals surface area contributed by atoms with Gasteiger partial charge in [0.2, 0.25) is 0 Å².